The Balaban J connectivity index is 3.39. The predicted molar refractivity (Wildman–Crippen MR) is 45.6 cm³/mol. The highest BCUT2D eigenvalue weighted by Crippen LogP contribution is 2.20. The van der Waals surface area contributed by atoms with Crippen LogP contribution in [0, 0.1) is 0 Å². The van der Waals surface area contributed by atoms with Gasteiger partial charge in [-0.3, -0.25) is 0 Å². The fourth-order valence-corrected chi connectivity index (χ4v) is 1.84. The van der Waals surface area contributed by atoms with Gasteiger partial charge in [-0.05, 0) is 6.07 Å². The Morgan fingerprint density at radius 3 is 2.42 bits per heavy atom. The number of nitrogens with zero attached hydrogens (tertiary/aromatic N) is 1. The summed E-state index contributed by atoms with van der Waals surface area (Å²) < 4.78 is 21.5. The predicted octanol–water partition coefficient (Wildman–Crippen LogP) is 1.04. The van der Waals surface area contributed by atoms with E-state index in [1.807, 2.05) is 0 Å². The Morgan fingerprint density at radius 2 is 2.00 bits per heavy atom. The Labute approximate surface area is 79.4 Å². The Hall–Kier alpha value is -0.360. The fourth-order valence-electron chi connectivity index (χ4n) is 0.611. The lowest BCUT2D eigenvalue weighted by molar-refractivity contribution is 0.594. The molecule has 12 heavy (non-hydrogen) atoms. The van der Waals surface area contributed by atoms with E-state index in [0.29, 0.717) is 0 Å². The molecule has 66 valence electrons. The number of pyridine rings is 1. The smallest absolute Gasteiger partial charge is 0.241 e. The summed E-state index contributed by atoms with van der Waals surface area (Å²) in [4.78, 5) is 3.47. The SMILES string of the molecule is NS(=O)(=O)c1ncc(Cl)cc1Cl. The molecule has 7 heteroatoms. The summed E-state index contributed by atoms with van der Waals surface area (Å²) in [7, 11) is -3.85. The molecule has 0 amide bonds. The first-order chi connectivity index (χ1) is 5.41. The average Bonchev–Trinajstić information content (AvgIpc) is 1.83. The molecule has 4 nitrogen and oxygen atoms in total. The lowest BCUT2D eigenvalue weighted by Gasteiger charge is -1.99. The van der Waals surface area contributed by atoms with E-state index in [9.17, 15) is 8.42 Å². The lowest BCUT2D eigenvalue weighted by Crippen LogP contribution is -2.14. The maximum atomic E-state index is 10.8. The Morgan fingerprint density at radius 1 is 1.42 bits per heavy atom. The molecule has 0 aliphatic heterocycles. The highest BCUT2D eigenvalue weighted by Gasteiger charge is 2.14. The zero-order valence-corrected chi connectivity index (χ0v) is 7.99. The number of hydrogen-bond acceptors (Lipinski definition) is 3. The van der Waals surface area contributed by atoms with Crippen LogP contribution >= 0.6 is 23.2 Å². The van der Waals surface area contributed by atoms with E-state index in [1.165, 1.54) is 6.07 Å². The van der Waals surface area contributed by atoms with Gasteiger partial charge in [-0.1, -0.05) is 23.2 Å². The number of aromatic nitrogens is 1. The Bertz CT molecular complexity index is 404. The van der Waals surface area contributed by atoms with Crippen molar-refractivity contribution in [3.05, 3.63) is 22.3 Å². The summed E-state index contributed by atoms with van der Waals surface area (Å²) in [6.45, 7) is 0. The first kappa shape index (κ1) is 9.73. The zero-order chi connectivity index (χ0) is 9.35. The van der Waals surface area contributed by atoms with Gasteiger partial charge in [-0.25, -0.2) is 18.5 Å². The van der Waals surface area contributed by atoms with Gasteiger partial charge in [0, 0.05) is 6.20 Å². The van der Waals surface area contributed by atoms with Crippen molar-refractivity contribution in [2.45, 2.75) is 5.03 Å². The third-order valence-corrected chi connectivity index (χ3v) is 2.51. The number of sulfonamides is 1. The van der Waals surface area contributed by atoms with E-state index in [-0.39, 0.29) is 15.1 Å². The molecule has 2 N–H and O–H groups in total. The summed E-state index contributed by atoms with van der Waals surface area (Å²) >= 11 is 11.0. The van der Waals surface area contributed by atoms with Crippen LogP contribution < -0.4 is 5.14 Å². The normalized spacial score (nSPS) is 11.6. The second-order valence-corrected chi connectivity index (χ2v) is 4.31. The van der Waals surface area contributed by atoms with Crippen molar-refractivity contribution in [3.63, 3.8) is 0 Å². The average molecular weight is 227 g/mol. The first-order valence-electron chi connectivity index (χ1n) is 2.75. The molecule has 0 atom stereocenters. The van der Waals surface area contributed by atoms with Crippen LogP contribution in [0.3, 0.4) is 0 Å². The Kier molecular flexibility index (Phi) is 2.58. The van der Waals surface area contributed by atoms with Crippen molar-refractivity contribution in [2.75, 3.05) is 0 Å². The summed E-state index contributed by atoms with van der Waals surface area (Å²) in [5, 5.41) is 4.60. The molecule has 0 aliphatic carbocycles. The van der Waals surface area contributed by atoms with Crippen molar-refractivity contribution in [2.24, 2.45) is 5.14 Å². The van der Waals surface area contributed by atoms with E-state index in [4.69, 9.17) is 28.3 Å². The molecule has 0 saturated heterocycles. The van der Waals surface area contributed by atoms with Crippen LogP contribution in [0.5, 0.6) is 0 Å². The van der Waals surface area contributed by atoms with Gasteiger partial charge in [0.25, 0.3) is 10.0 Å². The molecular weight excluding hydrogens is 223 g/mol. The third-order valence-electron chi connectivity index (χ3n) is 1.04. The van der Waals surface area contributed by atoms with Gasteiger partial charge in [0.05, 0.1) is 10.0 Å². The minimum absolute atomic E-state index is 0.0787. The van der Waals surface area contributed by atoms with E-state index in [1.54, 1.807) is 0 Å². The molecular formula is C5H4Cl2N2O2S. The minimum atomic E-state index is -3.85. The van der Waals surface area contributed by atoms with Gasteiger partial charge >= 0.3 is 0 Å². The van der Waals surface area contributed by atoms with Crippen molar-refractivity contribution < 1.29 is 8.42 Å². The second kappa shape index (κ2) is 3.18. The summed E-state index contributed by atoms with van der Waals surface area (Å²) in [5.41, 5.74) is 0. The van der Waals surface area contributed by atoms with Crippen LogP contribution in [0.1, 0.15) is 0 Å². The van der Waals surface area contributed by atoms with Crippen LogP contribution in [0.25, 0.3) is 0 Å². The van der Waals surface area contributed by atoms with Crippen LogP contribution in [0.2, 0.25) is 10.0 Å². The highest BCUT2D eigenvalue weighted by molar-refractivity contribution is 7.89. The van der Waals surface area contributed by atoms with Crippen molar-refractivity contribution in [1.29, 1.82) is 0 Å². The van der Waals surface area contributed by atoms with Gasteiger partial charge in [-0.2, -0.15) is 0 Å². The largest absolute Gasteiger partial charge is 0.257 e. The molecule has 0 fully saturated rings. The van der Waals surface area contributed by atoms with Crippen LogP contribution in [-0.4, -0.2) is 13.4 Å². The number of hydrogen-bond donors (Lipinski definition) is 1. The summed E-state index contributed by atoms with van der Waals surface area (Å²) in [6, 6.07) is 1.26. The van der Waals surface area contributed by atoms with E-state index in [0.717, 1.165) is 6.20 Å². The van der Waals surface area contributed by atoms with Crippen molar-refractivity contribution in [3.8, 4) is 0 Å². The van der Waals surface area contributed by atoms with Crippen molar-refractivity contribution in [1.82, 2.24) is 4.98 Å². The standard InChI is InChI=1S/C5H4Cl2N2O2S/c6-3-1-4(7)5(9-2-3)12(8,10)11/h1-2H,(H2,8,10,11). The van der Waals surface area contributed by atoms with Gasteiger partial charge in [0.2, 0.25) is 0 Å². The van der Waals surface area contributed by atoms with Gasteiger partial charge < -0.3 is 0 Å². The molecule has 0 saturated carbocycles. The number of rotatable bonds is 1. The molecule has 1 aromatic rings. The fraction of sp³-hybridized carbons (Fsp3) is 0. The molecule has 1 aromatic heterocycles. The zero-order valence-electron chi connectivity index (χ0n) is 5.66. The lowest BCUT2D eigenvalue weighted by atomic mass is 10.5. The van der Waals surface area contributed by atoms with Crippen LogP contribution in [-0.2, 0) is 10.0 Å². The molecule has 0 aliphatic rings. The highest BCUT2D eigenvalue weighted by atomic mass is 35.5. The maximum absolute atomic E-state index is 10.8. The van der Waals surface area contributed by atoms with Crippen LogP contribution in [0.15, 0.2) is 17.3 Å². The van der Waals surface area contributed by atoms with E-state index in [2.05, 4.69) is 4.98 Å². The van der Waals surface area contributed by atoms with Gasteiger partial charge in [0.1, 0.15) is 0 Å². The molecule has 0 bridgehead atoms. The van der Waals surface area contributed by atoms with E-state index < -0.39 is 10.0 Å². The minimum Gasteiger partial charge on any atom is -0.241 e. The van der Waals surface area contributed by atoms with Crippen molar-refractivity contribution >= 4 is 33.2 Å². The van der Waals surface area contributed by atoms with E-state index >= 15 is 0 Å². The van der Waals surface area contributed by atoms with Gasteiger partial charge in [0.15, 0.2) is 5.03 Å². The number of primary sulfonamides is 1. The number of halogens is 2. The molecule has 0 radical (unpaired) electrons. The second-order valence-electron chi connectivity index (χ2n) is 1.99. The molecule has 0 aromatic carbocycles. The monoisotopic (exact) mass is 226 g/mol. The quantitative estimate of drug-likeness (QED) is 0.778. The first-order valence-corrected chi connectivity index (χ1v) is 5.05. The number of nitrogens with two attached hydrogens (primary N) is 1. The van der Waals surface area contributed by atoms with Gasteiger partial charge in [-0.15, -0.1) is 0 Å². The third kappa shape index (κ3) is 2.07. The topological polar surface area (TPSA) is 73.1 Å². The molecule has 0 unspecified atom stereocenters. The molecule has 1 heterocycles. The summed E-state index contributed by atoms with van der Waals surface area (Å²) in [6.07, 6.45) is 1.16. The molecule has 1 rings (SSSR count). The van der Waals surface area contributed by atoms with Crippen LogP contribution in [0.4, 0.5) is 0 Å². The molecule has 0 spiro atoms. The summed E-state index contributed by atoms with van der Waals surface area (Å²) in [5.74, 6) is 0. The maximum Gasteiger partial charge on any atom is 0.257 e.